The predicted molar refractivity (Wildman–Crippen MR) is 64.9 cm³/mol. The second-order valence-corrected chi connectivity index (χ2v) is 5.62. The molecule has 16 heavy (non-hydrogen) atoms. The molecule has 3 heteroatoms. The van der Waals surface area contributed by atoms with Crippen LogP contribution in [0, 0.1) is 5.92 Å². The minimum absolute atomic E-state index is 0.0977. The van der Waals surface area contributed by atoms with Gasteiger partial charge in [0.1, 0.15) is 0 Å². The van der Waals surface area contributed by atoms with Gasteiger partial charge in [0.15, 0.2) is 0 Å². The van der Waals surface area contributed by atoms with Gasteiger partial charge < -0.3 is 11.1 Å². The number of nitrogens with one attached hydrogen (secondary N) is 1. The Hall–Kier alpha value is -0.570. The maximum atomic E-state index is 12.0. The predicted octanol–water partition coefficient (Wildman–Crippen LogP) is 1.95. The summed E-state index contributed by atoms with van der Waals surface area (Å²) in [6, 6.07) is 0.382. The van der Waals surface area contributed by atoms with Crippen LogP contribution in [0.3, 0.4) is 0 Å². The van der Waals surface area contributed by atoms with Crippen LogP contribution in [-0.2, 0) is 4.79 Å². The van der Waals surface area contributed by atoms with E-state index in [1.165, 1.54) is 19.3 Å². The Morgan fingerprint density at radius 2 is 2.12 bits per heavy atom. The lowest BCUT2D eigenvalue weighted by Gasteiger charge is -2.38. The first-order valence-corrected chi connectivity index (χ1v) is 6.74. The molecule has 0 spiro atoms. The number of carbonyl (C=O) groups is 1. The molecule has 92 valence electrons. The largest absolute Gasteiger partial charge is 0.352 e. The SMILES string of the molecule is CCC1CCCC(NC(=O)C2(N)CCC2)C1. The van der Waals surface area contributed by atoms with Gasteiger partial charge in [-0.2, -0.15) is 0 Å². The fourth-order valence-corrected chi connectivity index (χ4v) is 2.91. The van der Waals surface area contributed by atoms with Gasteiger partial charge in [0.05, 0.1) is 5.54 Å². The standard InChI is InChI=1S/C13H24N2O/c1-2-10-5-3-6-11(9-10)15-12(16)13(14)7-4-8-13/h10-11H,2-9,14H2,1H3,(H,15,16). The van der Waals surface area contributed by atoms with E-state index in [9.17, 15) is 4.79 Å². The second kappa shape index (κ2) is 4.74. The second-order valence-electron chi connectivity index (χ2n) is 5.62. The van der Waals surface area contributed by atoms with E-state index in [0.717, 1.165) is 38.0 Å². The number of rotatable bonds is 3. The van der Waals surface area contributed by atoms with Crippen LogP contribution in [0.2, 0.25) is 0 Å². The Kier molecular flexibility index (Phi) is 3.53. The lowest BCUT2D eigenvalue weighted by Crippen LogP contribution is -2.60. The van der Waals surface area contributed by atoms with Crippen molar-refractivity contribution in [3.8, 4) is 0 Å². The van der Waals surface area contributed by atoms with Gasteiger partial charge in [-0.25, -0.2) is 0 Å². The molecular formula is C13H24N2O. The molecule has 0 radical (unpaired) electrons. The van der Waals surface area contributed by atoms with Crippen LogP contribution in [0.5, 0.6) is 0 Å². The van der Waals surface area contributed by atoms with E-state index >= 15 is 0 Å². The molecule has 0 saturated heterocycles. The molecule has 0 aromatic carbocycles. The van der Waals surface area contributed by atoms with Crippen LogP contribution in [0.4, 0.5) is 0 Å². The quantitative estimate of drug-likeness (QED) is 0.770. The molecule has 0 aliphatic heterocycles. The minimum Gasteiger partial charge on any atom is -0.352 e. The number of hydrogen-bond acceptors (Lipinski definition) is 2. The maximum Gasteiger partial charge on any atom is 0.240 e. The van der Waals surface area contributed by atoms with Crippen LogP contribution in [0.15, 0.2) is 0 Å². The number of amides is 1. The summed E-state index contributed by atoms with van der Waals surface area (Å²) in [4.78, 5) is 12.0. The van der Waals surface area contributed by atoms with E-state index in [2.05, 4.69) is 12.2 Å². The Morgan fingerprint density at radius 3 is 2.69 bits per heavy atom. The van der Waals surface area contributed by atoms with Crippen LogP contribution < -0.4 is 11.1 Å². The molecule has 0 bridgehead atoms. The van der Waals surface area contributed by atoms with Gasteiger partial charge in [-0.3, -0.25) is 4.79 Å². The lowest BCUT2D eigenvalue weighted by atomic mass is 9.76. The molecule has 3 N–H and O–H groups in total. The highest BCUT2D eigenvalue weighted by molar-refractivity contribution is 5.87. The third-order valence-electron chi connectivity index (χ3n) is 4.39. The maximum absolute atomic E-state index is 12.0. The highest BCUT2D eigenvalue weighted by Crippen LogP contribution is 2.31. The average molecular weight is 224 g/mol. The van der Waals surface area contributed by atoms with E-state index in [1.807, 2.05) is 0 Å². The third-order valence-corrected chi connectivity index (χ3v) is 4.39. The van der Waals surface area contributed by atoms with E-state index in [4.69, 9.17) is 5.73 Å². The van der Waals surface area contributed by atoms with Gasteiger partial charge in [-0.15, -0.1) is 0 Å². The van der Waals surface area contributed by atoms with E-state index in [0.29, 0.717) is 6.04 Å². The first kappa shape index (κ1) is 11.9. The molecule has 2 rings (SSSR count). The molecule has 2 aliphatic carbocycles. The van der Waals surface area contributed by atoms with Gasteiger partial charge >= 0.3 is 0 Å². The zero-order valence-corrected chi connectivity index (χ0v) is 10.3. The van der Waals surface area contributed by atoms with Gasteiger partial charge in [0.2, 0.25) is 5.91 Å². The Bertz CT molecular complexity index is 261. The number of hydrogen-bond donors (Lipinski definition) is 2. The summed E-state index contributed by atoms with van der Waals surface area (Å²) in [7, 11) is 0. The molecule has 0 heterocycles. The van der Waals surface area contributed by atoms with Crippen LogP contribution in [-0.4, -0.2) is 17.5 Å². The summed E-state index contributed by atoms with van der Waals surface area (Å²) < 4.78 is 0. The van der Waals surface area contributed by atoms with Gasteiger partial charge in [-0.1, -0.05) is 26.2 Å². The highest BCUT2D eigenvalue weighted by atomic mass is 16.2. The molecule has 2 fully saturated rings. The molecule has 2 aliphatic rings. The summed E-state index contributed by atoms with van der Waals surface area (Å²) in [5, 5.41) is 3.16. The summed E-state index contributed by atoms with van der Waals surface area (Å²) in [6.07, 6.45) is 8.94. The van der Waals surface area contributed by atoms with Gasteiger partial charge in [0.25, 0.3) is 0 Å². The summed E-state index contributed by atoms with van der Waals surface area (Å²) in [6.45, 7) is 2.24. The molecule has 2 atom stereocenters. The van der Waals surface area contributed by atoms with Crippen LogP contribution in [0.1, 0.15) is 58.3 Å². The summed E-state index contributed by atoms with van der Waals surface area (Å²) in [5.74, 6) is 0.898. The van der Waals surface area contributed by atoms with Gasteiger partial charge in [-0.05, 0) is 38.0 Å². The smallest absolute Gasteiger partial charge is 0.240 e. The molecule has 3 nitrogen and oxygen atoms in total. The molecule has 1 amide bonds. The highest BCUT2D eigenvalue weighted by Gasteiger charge is 2.41. The van der Waals surface area contributed by atoms with Crippen LogP contribution >= 0.6 is 0 Å². The normalized spacial score (nSPS) is 32.9. The summed E-state index contributed by atoms with van der Waals surface area (Å²) in [5.41, 5.74) is 5.49. The monoisotopic (exact) mass is 224 g/mol. The van der Waals surface area contributed by atoms with Crippen molar-refractivity contribution in [1.82, 2.24) is 5.32 Å². The van der Waals surface area contributed by atoms with E-state index in [-0.39, 0.29) is 5.91 Å². The van der Waals surface area contributed by atoms with Crippen molar-refractivity contribution in [2.24, 2.45) is 11.7 Å². The Morgan fingerprint density at radius 1 is 1.38 bits per heavy atom. The van der Waals surface area contributed by atoms with Crippen molar-refractivity contribution in [3.63, 3.8) is 0 Å². The third kappa shape index (κ3) is 2.40. The fourth-order valence-electron chi connectivity index (χ4n) is 2.91. The van der Waals surface area contributed by atoms with Crippen molar-refractivity contribution in [2.45, 2.75) is 69.9 Å². The minimum atomic E-state index is -0.529. The van der Waals surface area contributed by atoms with Crippen molar-refractivity contribution in [2.75, 3.05) is 0 Å². The Balaban J connectivity index is 1.82. The average Bonchev–Trinajstić information content (AvgIpc) is 2.26. The first-order chi connectivity index (χ1) is 7.64. The van der Waals surface area contributed by atoms with Crippen molar-refractivity contribution in [3.05, 3.63) is 0 Å². The molecule has 2 unspecified atom stereocenters. The van der Waals surface area contributed by atoms with Crippen LogP contribution in [0.25, 0.3) is 0 Å². The Labute approximate surface area is 98.2 Å². The van der Waals surface area contributed by atoms with Crippen molar-refractivity contribution >= 4 is 5.91 Å². The molecule has 0 aromatic rings. The van der Waals surface area contributed by atoms with Crippen molar-refractivity contribution in [1.29, 1.82) is 0 Å². The fraction of sp³-hybridized carbons (Fsp3) is 0.923. The zero-order valence-electron chi connectivity index (χ0n) is 10.3. The topological polar surface area (TPSA) is 55.1 Å². The van der Waals surface area contributed by atoms with E-state index in [1.54, 1.807) is 0 Å². The zero-order chi connectivity index (χ0) is 11.6. The van der Waals surface area contributed by atoms with E-state index < -0.39 is 5.54 Å². The number of carbonyl (C=O) groups excluding carboxylic acids is 1. The molecule has 0 aromatic heterocycles. The molecule has 2 saturated carbocycles. The molecular weight excluding hydrogens is 200 g/mol. The van der Waals surface area contributed by atoms with Gasteiger partial charge in [0, 0.05) is 6.04 Å². The lowest BCUT2D eigenvalue weighted by molar-refractivity contribution is -0.130. The van der Waals surface area contributed by atoms with Crippen molar-refractivity contribution < 1.29 is 4.79 Å². The number of nitrogens with two attached hydrogens (primary N) is 1. The summed E-state index contributed by atoms with van der Waals surface area (Å²) >= 11 is 0. The first-order valence-electron chi connectivity index (χ1n) is 6.74.